The molecular weight excluding hydrogens is 290 g/mol. The van der Waals surface area contributed by atoms with Crippen molar-refractivity contribution in [2.75, 3.05) is 36.9 Å². The van der Waals surface area contributed by atoms with Gasteiger partial charge in [0.05, 0.1) is 10.7 Å². The summed E-state index contributed by atoms with van der Waals surface area (Å²) in [6, 6.07) is 3.56. The van der Waals surface area contributed by atoms with Gasteiger partial charge in [-0.2, -0.15) is 0 Å². The Morgan fingerprint density at radius 1 is 1.38 bits per heavy atom. The van der Waals surface area contributed by atoms with Gasteiger partial charge in [0, 0.05) is 36.4 Å². The number of carbonyl (C=O) groups is 1. The molecule has 0 aliphatic carbocycles. The number of hydrogen-bond acceptors (Lipinski definition) is 4. The molecule has 0 saturated carbocycles. The minimum Gasteiger partial charge on any atom is -0.378 e. The SMILES string of the molecule is CN1CCN(c2cc3c(cc2Cl)C(O)C(=O)N3)CC1(C)C. The zero-order chi connectivity index (χ0) is 15.4. The fraction of sp³-hybridized carbons (Fsp3) is 0.533. The molecule has 2 N–H and O–H groups in total. The highest BCUT2D eigenvalue weighted by Crippen LogP contribution is 2.39. The minimum atomic E-state index is -1.12. The lowest BCUT2D eigenvalue weighted by atomic mass is 9.99. The van der Waals surface area contributed by atoms with E-state index in [4.69, 9.17) is 11.6 Å². The third-order valence-electron chi connectivity index (χ3n) is 4.58. The van der Waals surface area contributed by atoms with Crippen molar-refractivity contribution in [3.8, 4) is 0 Å². The van der Waals surface area contributed by atoms with Crippen molar-refractivity contribution in [2.45, 2.75) is 25.5 Å². The van der Waals surface area contributed by atoms with Gasteiger partial charge in [0.25, 0.3) is 5.91 Å². The van der Waals surface area contributed by atoms with Gasteiger partial charge in [0.2, 0.25) is 0 Å². The molecule has 2 aliphatic heterocycles. The van der Waals surface area contributed by atoms with E-state index >= 15 is 0 Å². The van der Waals surface area contributed by atoms with Crippen LogP contribution in [0.25, 0.3) is 0 Å². The summed E-state index contributed by atoms with van der Waals surface area (Å²) in [5, 5.41) is 13.1. The minimum absolute atomic E-state index is 0.0589. The highest BCUT2D eigenvalue weighted by atomic mass is 35.5. The second-order valence-electron chi connectivity index (χ2n) is 6.44. The van der Waals surface area contributed by atoms with E-state index in [0.29, 0.717) is 16.3 Å². The molecule has 0 radical (unpaired) electrons. The smallest absolute Gasteiger partial charge is 0.257 e. The number of amides is 1. The maximum atomic E-state index is 11.6. The molecule has 1 saturated heterocycles. The summed E-state index contributed by atoms with van der Waals surface area (Å²) < 4.78 is 0. The van der Waals surface area contributed by atoms with Crippen LogP contribution in [0.4, 0.5) is 11.4 Å². The summed E-state index contributed by atoms with van der Waals surface area (Å²) >= 11 is 6.38. The molecule has 1 unspecified atom stereocenters. The number of benzene rings is 1. The van der Waals surface area contributed by atoms with Gasteiger partial charge in [-0.3, -0.25) is 9.69 Å². The third kappa shape index (κ3) is 2.39. The largest absolute Gasteiger partial charge is 0.378 e. The van der Waals surface area contributed by atoms with Crippen LogP contribution in [0.1, 0.15) is 25.5 Å². The number of aliphatic hydroxyl groups is 1. The number of nitrogens with one attached hydrogen (secondary N) is 1. The summed E-state index contributed by atoms with van der Waals surface area (Å²) in [5.74, 6) is -0.392. The van der Waals surface area contributed by atoms with E-state index in [2.05, 4.69) is 36.0 Å². The van der Waals surface area contributed by atoms with Gasteiger partial charge < -0.3 is 15.3 Å². The molecule has 5 nitrogen and oxygen atoms in total. The predicted molar refractivity (Wildman–Crippen MR) is 84.0 cm³/mol. The monoisotopic (exact) mass is 309 g/mol. The Hall–Kier alpha value is -1.30. The molecule has 2 heterocycles. The maximum Gasteiger partial charge on any atom is 0.257 e. The molecule has 21 heavy (non-hydrogen) atoms. The summed E-state index contributed by atoms with van der Waals surface area (Å²) in [6.07, 6.45) is -1.12. The lowest BCUT2D eigenvalue weighted by Gasteiger charge is -2.46. The average molecular weight is 310 g/mol. The summed E-state index contributed by atoms with van der Waals surface area (Å²) in [4.78, 5) is 16.1. The second kappa shape index (κ2) is 4.87. The summed E-state index contributed by atoms with van der Waals surface area (Å²) in [5.41, 5.74) is 2.18. The van der Waals surface area contributed by atoms with E-state index in [0.717, 1.165) is 25.3 Å². The van der Waals surface area contributed by atoms with E-state index in [9.17, 15) is 9.90 Å². The summed E-state index contributed by atoms with van der Waals surface area (Å²) in [6.45, 7) is 7.10. The van der Waals surface area contributed by atoms with Crippen molar-refractivity contribution in [2.24, 2.45) is 0 Å². The van der Waals surface area contributed by atoms with Crippen LogP contribution in [0, 0.1) is 0 Å². The Morgan fingerprint density at radius 3 is 2.76 bits per heavy atom. The van der Waals surface area contributed by atoms with Gasteiger partial charge in [-0.1, -0.05) is 11.6 Å². The molecule has 2 aliphatic rings. The van der Waals surface area contributed by atoms with Crippen LogP contribution in [-0.2, 0) is 4.79 Å². The Bertz CT molecular complexity index is 603. The zero-order valence-electron chi connectivity index (χ0n) is 12.5. The van der Waals surface area contributed by atoms with Crippen LogP contribution < -0.4 is 10.2 Å². The highest BCUT2D eigenvalue weighted by molar-refractivity contribution is 6.33. The van der Waals surface area contributed by atoms with E-state index in [1.54, 1.807) is 6.07 Å². The first kappa shape index (κ1) is 14.6. The van der Waals surface area contributed by atoms with Crippen LogP contribution in [0.5, 0.6) is 0 Å². The molecule has 0 aromatic heterocycles. The second-order valence-corrected chi connectivity index (χ2v) is 6.85. The van der Waals surface area contributed by atoms with Crippen molar-refractivity contribution < 1.29 is 9.90 Å². The average Bonchev–Trinajstić information content (AvgIpc) is 2.68. The van der Waals surface area contributed by atoms with Gasteiger partial charge in [-0.15, -0.1) is 0 Å². The number of hydrogen-bond donors (Lipinski definition) is 2. The zero-order valence-corrected chi connectivity index (χ0v) is 13.2. The van der Waals surface area contributed by atoms with Gasteiger partial charge in [0.1, 0.15) is 0 Å². The number of nitrogens with zero attached hydrogens (tertiary/aromatic N) is 2. The van der Waals surface area contributed by atoms with Crippen LogP contribution >= 0.6 is 11.6 Å². The van der Waals surface area contributed by atoms with Crippen LogP contribution in [0.3, 0.4) is 0 Å². The standard InChI is InChI=1S/C15H20ClN3O2/c1-15(2)8-19(5-4-18(15)3)12-7-11-9(6-10(12)16)13(20)14(21)17-11/h6-7,13,20H,4-5,8H2,1-3H3,(H,17,21). The Labute approximate surface area is 129 Å². The van der Waals surface area contributed by atoms with Gasteiger partial charge in [-0.25, -0.2) is 0 Å². The van der Waals surface area contributed by atoms with E-state index in [-0.39, 0.29) is 5.54 Å². The first-order valence-electron chi connectivity index (χ1n) is 7.08. The number of fused-ring (bicyclic) bond motifs is 1. The molecule has 6 heteroatoms. The molecular formula is C15H20ClN3O2. The number of halogens is 1. The van der Waals surface area contributed by atoms with Crippen molar-refractivity contribution in [1.82, 2.24) is 4.90 Å². The maximum absolute atomic E-state index is 11.6. The van der Waals surface area contributed by atoms with Crippen molar-refractivity contribution in [1.29, 1.82) is 0 Å². The Morgan fingerprint density at radius 2 is 2.10 bits per heavy atom. The van der Waals surface area contributed by atoms with E-state index in [1.807, 2.05) is 6.07 Å². The van der Waals surface area contributed by atoms with Gasteiger partial charge >= 0.3 is 0 Å². The van der Waals surface area contributed by atoms with Gasteiger partial charge in [0.15, 0.2) is 6.10 Å². The summed E-state index contributed by atoms with van der Waals surface area (Å²) in [7, 11) is 2.12. The number of piperazine rings is 1. The normalized spacial score (nSPS) is 24.9. The fourth-order valence-electron chi connectivity index (χ4n) is 2.94. The highest BCUT2D eigenvalue weighted by Gasteiger charge is 2.34. The first-order valence-corrected chi connectivity index (χ1v) is 7.46. The van der Waals surface area contributed by atoms with E-state index < -0.39 is 12.0 Å². The number of aliphatic hydroxyl groups excluding tert-OH is 1. The molecule has 0 bridgehead atoms. The van der Waals surface area contributed by atoms with Crippen molar-refractivity contribution >= 4 is 28.9 Å². The number of rotatable bonds is 1. The van der Waals surface area contributed by atoms with Crippen molar-refractivity contribution in [3.63, 3.8) is 0 Å². The lowest BCUT2D eigenvalue weighted by molar-refractivity contribution is -0.123. The third-order valence-corrected chi connectivity index (χ3v) is 4.88. The number of anilines is 2. The lowest BCUT2D eigenvalue weighted by Crippen LogP contribution is -2.57. The molecule has 1 fully saturated rings. The predicted octanol–water partition coefficient (Wildman–Crippen LogP) is 1.86. The fourth-order valence-corrected chi connectivity index (χ4v) is 3.23. The topological polar surface area (TPSA) is 55.8 Å². The van der Waals surface area contributed by atoms with Gasteiger partial charge in [-0.05, 0) is 33.0 Å². The van der Waals surface area contributed by atoms with Crippen LogP contribution in [0.2, 0.25) is 5.02 Å². The number of likely N-dealkylation sites (N-methyl/N-ethyl adjacent to an activating group) is 1. The molecule has 1 aromatic rings. The van der Waals surface area contributed by atoms with Crippen LogP contribution in [0.15, 0.2) is 12.1 Å². The van der Waals surface area contributed by atoms with Crippen LogP contribution in [-0.4, -0.2) is 48.1 Å². The quantitative estimate of drug-likeness (QED) is 0.831. The first-order chi connectivity index (χ1) is 9.79. The Kier molecular flexibility index (Phi) is 3.39. The molecule has 1 aromatic carbocycles. The van der Waals surface area contributed by atoms with E-state index in [1.165, 1.54) is 0 Å². The number of carbonyl (C=O) groups excluding carboxylic acids is 1. The molecule has 0 spiro atoms. The molecule has 1 amide bonds. The molecule has 3 rings (SSSR count). The Balaban J connectivity index is 1.94. The van der Waals surface area contributed by atoms with Crippen molar-refractivity contribution in [3.05, 3.63) is 22.7 Å². The molecule has 1 atom stereocenters. The molecule has 114 valence electrons.